The number of esters is 2. The molecule has 0 aromatic heterocycles. The maximum atomic E-state index is 11.9. The summed E-state index contributed by atoms with van der Waals surface area (Å²) in [7, 11) is 2.32. The van der Waals surface area contributed by atoms with Crippen LogP contribution in [0, 0.1) is 0 Å². The molecule has 0 aliphatic heterocycles. The van der Waals surface area contributed by atoms with E-state index in [0.717, 1.165) is 31.9 Å². The first kappa shape index (κ1) is 34.0. The molecule has 10 heteroatoms. The van der Waals surface area contributed by atoms with Crippen molar-refractivity contribution in [1.82, 2.24) is 10.6 Å². The van der Waals surface area contributed by atoms with Gasteiger partial charge in [0.2, 0.25) is 0 Å². The molecule has 0 radical (unpaired) electrons. The molecule has 0 heterocycles. The highest BCUT2D eigenvalue weighted by molar-refractivity contribution is 6.60. The van der Waals surface area contributed by atoms with Crippen LogP contribution in [0.5, 0.6) is 0 Å². The second-order valence-electron chi connectivity index (χ2n) is 8.89. The maximum absolute atomic E-state index is 11.9. The zero-order valence-electron chi connectivity index (χ0n) is 23.0. The van der Waals surface area contributed by atoms with Crippen molar-refractivity contribution < 1.29 is 32.3 Å². The molecule has 9 nitrogen and oxygen atoms in total. The average Bonchev–Trinajstić information content (AvgIpc) is 2.86. The number of carbonyl (C=O) groups excluding carboxylic acids is 2. The number of unbranched alkanes of at least 4 members (excludes halogenated alkanes) is 8. The smallest absolute Gasteiger partial charge is 0.462 e. The van der Waals surface area contributed by atoms with Gasteiger partial charge in [-0.25, -0.2) is 0 Å². The summed E-state index contributed by atoms with van der Waals surface area (Å²) < 4.78 is 26.7. The number of ether oxygens (including phenoxy) is 2. The Kier molecular flexibility index (Phi) is 22.7. The van der Waals surface area contributed by atoms with Crippen LogP contribution < -0.4 is 10.6 Å². The Balaban J connectivity index is 3.60. The highest BCUT2D eigenvalue weighted by Gasteiger charge is 2.36. The Hall–Kier alpha value is -1.04. The predicted octanol–water partition coefficient (Wildman–Crippen LogP) is 4.18. The van der Waals surface area contributed by atoms with Gasteiger partial charge in [0.15, 0.2) is 0 Å². The summed E-state index contributed by atoms with van der Waals surface area (Å²) in [5.41, 5.74) is 0. The minimum atomic E-state index is -2.51. The molecule has 0 aliphatic carbocycles. The van der Waals surface area contributed by atoms with Gasteiger partial charge in [-0.3, -0.25) is 9.59 Å². The lowest BCUT2D eigenvalue weighted by atomic mass is 10.1. The van der Waals surface area contributed by atoms with Crippen LogP contribution in [0.25, 0.3) is 0 Å². The summed E-state index contributed by atoms with van der Waals surface area (Å²) >= 11 is 0. The molecule has 0 aromatic carbocycles. The van der Waals surface area contributed by atoms with Gasteiger partial charge in [-0.2, -0.15) is 0 Å². The van der Waals surface area contributed by atoms with E-state index in [2.05, 4.69) is 17.6 Å². The molecule has 0 fully saturated rings. The van der Waals surface area contributed by atoms with Crippen molar-refractivity contribution in [2.24, 2.45) is 0 Å². The molecule has 208 valence electrons. The first-order valence-corrected chi connectivity index (χ1v) is 15.3. The van der Waals surface area contributed by atoms with Gasteiger partial charge >= 0.3 is 20.7 Å². The van der Waals surface area contributed by atoms with Crippen molar-refractivity contribution in [3.05, 3.63) is 0 Å². The first-order chi connectivity index (χ1) is 16.9. The molecule has 0 saturated heterocycles. The second kappa shape index (κ2) is 23.4. The average molecular weight is 521 g/mol. The summed E-state index contributed by atoms with van der Waals surface area (Å²) in [5.74, 6) is -0.527. The number of hydrogen-bond donors (Lipinski definition) is 2. The van der Waals surface area contributed by atoms with Crippen molar-refractivity contribution in [1.29, 1.82) is 0 Å². The van der Waals surface area contributed by atoms with Crippen molar-refractivity contribution in [2.75, 3.05) is 47.7 Å². The molecule has 0 bridgehead atoms. The summed E-state index contributed by atoms with van der Waals surface area (Å²) in [6.07, 6.45) is 12.0. The topological polar surface area (TPSA) is 104 Å². The lowest BCUT2D eigenvalue weighted by molar-refractivity contribution is -0.158. The summed E-state index contributed by atoms with van der Waals surface area (Å²) in [5, 5.41) is 6.39. The van der Waals surface area contributed by atoms with Crippen molar-refractivity contribution in [2.45, 2.75) is 103 Å². The van der Waals surface area contributed by atoms with E-state index >= 15 is 0 Å². The zero-order valence-corrected chi connectivity index (χ0v) is 24.0. The second-order valence-corrected chi connectivity index (χ2v) is 12.0. The molecular formula is C25H52N2O7Si. The predicted molar refractivity (Wildman–Crippen MR) is 140 cm³/mol. The van der Waals surface area contributed by atoms with Crippen LogP contribution in [0.4, 0.5) is 0 Å². The van der Waals surface area contributed by atoms with Gasteiger partial charge in [-0.15, -0.1) is 0 Å². The van der Waals surface area contributed by atoms with Crippen LogP contribution in [0.2, 0.25) is 6.04 Å². The van der Waals surface area contributed by atoms with E-state index in [1.807, 2.05) is 0 Å². The number of rotatable bonds is 25. The fourth-order valence-electron chi connectivity index (χ4n) is 3.62. The molecule has 0 saturated carbocycles. The lowest BCUT2D eigenvalue weighted by Crippen LogP contribution is -2.43. The third-order valence-electron chi connectivity index (χ3n) is 5.82. The Morgan fingerprint density at radius 3 is 1.91 bits per heavy atom. The van der Waals surface area contributed by atoms with Crippen molar-refractivity contribution in [3.8, 4) is 0 Å². The van der Waals surface area contributed by atoms with Crippen molar-refractivity contribution >= 4 is 20.7 Å². The Morgan fingerprint density at radius 1 is 0.743 bits per heavy atom. The van der Waals surface area contributed by atoms with E-state index in [1.54, 1.807) is 28.3 Å². The normalized spacial score (nSPS) is 12.5. The van der Waals surface area contributed by atoms with E-state index in [4.69, 9.17) is 22.8 Å². The largest absolute Gasteiger partial charge is 0.500 e. The van der Waals surface area contributed by atoms with Crippen LogP contribution in [-0.4, -0.2) is 74.5 Å². The van der Waals surface area contributed by atoms with Gasteiger partial charge in [0.05, 0.1) is 6.42 Å². The molecule has 0 amide bonds. The zero-order chi connectivity index (χ0) is 26.2. The molecule has 0 aliphatic rings. The van der Waals surface area contributed by atoms with Gasteiger partial charge < -0.3 is 33.4 Å². The van der Waals surface area contributed by atoms with Gasteiger partial charge in [-0.05, 0) is 26.3 Å². The van der Waals surface area contributed by atoms with E-state index in [-0.39, 0.29) is 25.0 Å². The van der Waals surface area contributed by atoms with Crippen LogP contribution in [0.3, 0.4) is 0 Å². The fraction of sp³-hybridized carbons (Fsp3) is 0.920. The highest BCUT2D eigenvalue weighted by Crippen LogP contribution is 2.14. The highest BCUT2D eigenvalue weighted by atomic mass is 28.4. The van der Waals surface area contributed by atoms with Crippen LogP contribution in [0.1, 0.15) is 90.9 Å². The minimum absolute atomic E-state index is 0.0880. The monoisotopic (exact) mass is 520 g/mol. The van der Waals surface area contributed by atoms with E-state index < -0.39 is 14.9 Å². The SMILES string of the molecule is CCCCCCCCCCCC(=O)OC(C)COC(=O)CCNCNCCC[Si](OC)(OC)OC. The maximum Gasteiger partial charge on any atom is 0.500 e. The van der Waals surface area contributed by atoms with Crippen LogP contribution in [0.15, 0.2) is 0 Å². The summed E-state index contributed by atoms with van der Waals surface area (Å²) in [6, 6.07) is 0.734. The molecular weight excluding hydrogens is 468 g/mol. The van der Waals surface area contributed by atoms with E-state index in [0.29, 0.717) is 19.6 Å². The quantitative estimate of drug-likeness (QED) is 0.0794. The van der Waals surface area contributed by atoms with Crippen LogP contribution >= 0.6 is 0 Å². The van der Waals surface area contributed by atoms with Gasteiger partial charge in [-0.1, -0.05) is 58.3 Å². The van der Waals surface area contributed by atoms with Gasteiger partial charge in [0.1, 0.15) is 12.7 Å². The summed E-state index contributed by atoms with van der Waals surface area (Å²) in [4.78, 5) is 23.8. The first-order valence-electron chi connectivity index (χ1n) is 13.3. The molecule has 1 unspecified atom stereocenters. The molecule has 0 aromatic rings. The Morgan fingerprint density at radius 2 is 1.31 bits per heavy atom. The van der Waals surface area contributed by atoms with Crippen LogP contribution in [-0.2, 0) is 32.3 Å². The Bertz CT molecular complexity index is 514. The Labute approximate surface area is 214 Å². The number of nitrogens with one attached hydrogen (secondary N) is 2. The molecule has 1 atom stereocenters. The van der Waals surface area contributed by atoms with Crippen molar-refractivity contribution in [3.63, 3.8) is 0 Å². The third-order valence-corrected chi connectivity index (χ3v) is 8.65. The number of hydrogen-bond acceptors (Lipinski definition) is 9. The summed E-state index contributed by atoms with van der Waals surface area (Å²) in [6.45, 7) is 5.94. The number of carbonyl (C=O) groups is 2. The molecule has 2 N–H and O–H groups in total. The molecule has 0 rings (SSSR count). The lowest BCUT2D eigenvalue weighted by Gasteiger charge is -2.24. The fourth-order valence-corrected chi connectivity index (χ4v) is 5.34. The van der Waals surface area contributed by atoms with Gasteiger partial charge in [0.25, 0.3) is 0 Å². The van der Waals surface area contributed by atoms with Gasteiger partial charge in [0, 0.05) is 47.0 Å². The standard InChI is InChI=1S/C25H52N2O7Si/c1-6-7-8-9-10-11-12-13-14-16-25(29)34-23(2)21-33-24(28)17-19-27-22-26-18-15-20-35(30-3,31-4)32-5/h23,26-27H,6-22H2,1-5H3. The third kappa shape index (κ3) is 19.8. The van der Waals surface area contributed by atoms with E-state index in [1.165, 1.54) is 44.9 Å². The van der Waals surface area contributed by atoms with E-state index in [9.17, 15) is 9.59 Å². The minimum Gasteiger partial charge on any atom is -0.462 e. The molecule has 0 spiro atoms. The molecule has 35 heavy (non-hydrogen) atoms.